The molecule has 0 saturated heterocycles. The van der Waals surface area contributed by atoms with Crippen molar-refractivity contribution in [3.8, 4) is 5.75 Å². The van der Waals surface area contributed by atoms with Crippen LogP contribution in [0, 0.1) is 19.7 Å². The van der Waals surface area contributed by atoms with E-state index in [0.717, 1.165) is 28.8 Å². The monoisotopic (exact) mass is 336 g/mol. The van der Waals surface area contributed by atoms with Crippen LogP contribution in [0.4, 0.5) is 17.3 Å². The second-order valence-electron chi connectivity index (χ2n) is 4.97. The Hall–Kier alpha value is -0.339. The molecule has 0 amide bonds. The number of benzene rings is 2. The summed E-state index contributed by atoms with van der Waals surface area (Å²) in [5.74, 6) is -1.19. The van der Waals surface area contributed by atoms with Gasteiger partial charge in [-0.05, 0) is 42.7 Å². The smallest absolute Gasteiger partial charge is 0.486 e. The van der Waals surface area contributed by atoms with Crippen LogP contribution in [0.3, 0.4) is 0 Å². The van der Waals surface area contributed by atoms with E-state index in [1.807, 2.05) is 26.0 Å². The van der Waals surface area contributed by atoms with Crippen molar-refractivity contribution >= 4 is 12.4 Å². The van der Waals surface area contributed by atoms with Gasteiger partial charge in [-0.25, -0.2) is 4.39 Å². The molecule has 0 aliphatic carbocycles. The van der Waals surface area contributed by atoms with E-state index in [2.05, 4.69) is 0 Å². The van der Waals surface area contributed by atoms with Gasteiger partial charge in [0.05, 0.1) is 0 Å². The number of halogens is 4. The third-order valence-corrected chi connectivity index (χ3v) is 3.30. The summed E-state index contributed by atoms with van der Waals surface area (Å²) >= 11 is 0. The van der Waals surface area contributed by atoms with Crippen molar-refractivity contribution in [2.75, 3.05) is 0 Å². The van der Waals surface area contributed by atoms with Gasteiger partial charge >= 0.3 is 58.4 Å². The largest absolute Gasteiger partial charge is 1.00 e. The van der Waals surface area contributed by atoms with Crippen molar-refractivity contribution < 1.29 is 73.5 Å². The number of aryl methyl sites for hydroxylation is 2. The SMILES string of the molecule is Cc1ccc(COc2cc([B-](F)(F)F)ccc2F)cc1C.[K+]. The fourth-order valence-corrected chi connectivity index (χ4v) is 1.89. The van der Waals surface area contributed by atoms with Gasteiger partial charge in [0.15, 0.2) is 11.6 Å². The summed E-state index contributed by atoms with van der Waals surface area (Å²) in [5.41, 5.74) is 2.06. The van der Waals surface area contributed by atoms with Crippen LogP contribution >= 0.6 is 0 Å². The predicted molar refractivity (Wildman–Crippen MR) is 75.4 cm³/mol. The summed E-state index contributed by atoms with van der Waals surface area (Å²) in [6.07, 6.45) is 0. The Morgan fingerprint density at radius 1 is 0.955 bits per heavy atom. The van der Waals surface area contributed by atoms with E-state index in [9.17, 15) is 17.3 Å². The molecule has 0 fully saturated rings. The van der Waals surface area contributed by atoms with E-state index in [0.29, 0.717) is 6.07 Å². The summed E-state index contributed by atoms with van der Waals surface area (Å²) in [6, 6.07) is 7.76. The summed E-state index contributed by atoms with van der Waals surface area (Å²) in [4.78, 5) is 0. The van der Waals surface area contributed by atoms with Gasteiger partial charge in [-0.15, -0.1) is 5.46 Å². The summed E-state index contributed by atoms with van der Waals surface area (Å²) in [6.45, 7) is -1.27. The molecule has 2 aromatic carbocycles. The predicted octanol–water partition coefficient (Wildman–Crippen LogP) is 1.08. The van der Waals surface area contributed by atoms with Crippen molar-refractivity contribution in [1.29, 1.82) is 0 Å². The minimum Gasteiger partial charge on any atom is -0.486 e. The summed E-state index contributed by atoms with van der Waals surface area (Å²) < 4.78 is 56.6. The van der Waals surface area contributed by atoms with Gasteiger partial charge < -0.3 is 17.7 Å². The maximum absolute atomic E-state index is 13.5. The van der Waals surface area contributed by atoms with Gasteiger partial charge in [-0.3, -0.25) is 0 Å². The maximum Gasteiger partial charge on any atom is 1.00 e. The minimum atomic E-state index is -5.17. The molecule has 0 atom stereocenters. The summed E-state index contributed by atoms with van der Waals surface area (Å²) in [5, 5.41) is 0. The molecule has 0 N–H and O–H groups in total. The molecule has 7 heteroatoms. The van der Waals surface area contributed by atoms with Crippen molar-refractivity contribution in [3.63, 3.8) is 0 Å². The zero-order valence-corrected chi connectivity index (χ0v) is 15.8. The van der Waals surface area contributed by atoms with Crippen LogP contribution in [0.5, 0.6) is 5.75 Å². The van der Waals surface area contributed by atoms with Crippen LogP contribution in [-0.2, 0) is 6.61 Å². The quantitative estimate of drug-likeness (QED) is 0.600. The van der Waals surface area contributed by atoms with Crippen LogP contribution in [0.15, 0.2) is 36.4 Å². The first kappa shape index (κ1) is 19.7. The topological polar surface area (TPSA) is 9.23 Å². The Balaban J connectivity index is 0.00000242. The maximum atomic E-state index is 13.5. The number of hydrogen-bond donors (Lipinski definition) is 0. The van der Waals surface area contributed by atoms with Crippen LogP contribution in [0.25, 0.3) is 0 Å². The molecule has 0 aliphatic rings. The van der Waals surface area contributed by atoms with Gasteiger partial charge in [0.2, 0.25) is 0 Å². The van der Waals surface area contributed by atoms with E-state index < -0.39 is 18.3 Å². The van der Waals surface area contributed by atoms with E-state index in [4.69, 9.17) is 4.74 Å². The number of hydrogen-bond acceptors (Lipinski definition) is 1. The Labute approximate surface area is 169 Å². The first-order valence-corrected chi connectivity index (χ1v) is 6.45. The average molecular weight is 336 g/mol. The first-order chi connectivity index (χ1) is 9.77. The molecule has 2 rings (SSSR count). The molecule has 112 valence electrons. The van der Waals surface area contributed by atoms with E-state index in [-0.39, 0.29) is 63.7 Å². The molecule has 22 heavy (non-hydrogen) atoms. The molecule has 2 aromatic rings. The average Bonchev–Trinajstić information content (AvgIpc) is 2.40. The van der Waals surface area contributed by atoms with Crippen LogP contribution in [-0.4, -0.2) is 6.98 Å². The summed E-state index contributed by atoms with van der Waals surface area (Å²) in [7, 11) is 0. The number of rotatable bonds is 4. The van der Waals surface area contributed by atoms with Gasteiger partial charge in [0, 0.05) is 0 Å². The van der Waals surface area contributed by atoms with E-state index in [1.54, 1.807) is 6.07 Å². The Kier molecular flexibility index (Phi) is 7.14. The minimum absolute atomic E-state index is 0. The van der Waals surface area contributed by atoms with Crippen molar-refractivity contribution in [1.82, 2.24) is 0 Å². The molecule has 0 saturated carbocycles. The van der Waals surface area contributed by atoms with Gasteiger partial charge in [-0.2, -0.15) is 0 Å². The normalized spacial score (nSPS) is 11.0. The second kappa shape index (κ2) is 7.97. The van der Waals surface area contributed by atoms with Crippen molar-refractivity contribution in [2.24, 2.45) is 0 Å². The molecule has 0 radical (unpaired) electrons. The molecule has 0 aromatic heterocycles. The fourth-order valence-electron chi connectivity index (χ4n) is 1.89. The molecule has 0 unspecified atom stereocenters. The zero-order chi connectivity index (χ0) is 15.6. The molecule has 0 aliphatic heterocycles. The van der Waals surface area contributed by atoms with Gasteiger partial charge in [0.25, 0.3) is 0 Å². The molecule has 0 heterocycles. The number of ether oxygens (including phenoxy) is 1. The Bertz CT molecular complexity index is 658. The Morgan fingerprint density at radius 3 is 2.23 bits per heavy atom. The standard InChI is InChI=1S/C15H14BF4O.K/c1-10-3-4-12(7-11(10)2)9-21-15-8-13(16(18,19)20)5-6-14(15)17;/h3-8H,9H2,1-2H3;/q-1;+1. The first-order valence-electron chi connectivity index (χ1n) is 6.45. The van der Waals surface area contributed by atoms with Crippen LogP contribution in [0.2, 0.25) is 0 Å². The zero-order valence-electron chi connectivity index (χ0n) is 12.7. The molecule has 1 nitrogen and oxygen atoms in total. The van der Waals surface area contributed by atoms with Gasteiger partial charge in [0.1, 0.15) is 6.61 Å². The van der Waals surface area contributed by atoms with Gasteiger partial charge in [-0.1, -0.05) is 24.3 Å². The molecule has 0 spiro atoms. The molecule has 0 bridgehead atoms. The van der Waals surface area contributed by atoms with Crippen molar-refractivity contribution in [2.45, 2.75) is 20.5 Å². The fraction of sp³-hybridized carbons (Fsp3) is 0.200. The Morgan fingerprint density at radius 2 is 1.64 bits per heavy atom. The van der Waals surface area contributed by atoms with Crippen molar-refractivity contribution in [3.05, 3.63) is 58.9 Å². The molecular weight excluding hydrogens is 322 g/mol. The molecular formula is C15H14BF4KO. The third-order valence-electron chi connectivity index (χ3n) is 3.30. The second-order valence-corrected chi connectivity index (χ2v) is 4.97. The van der Waals surface area contributed by atoms with Crippen LogP contribution in [0.1, 0.15) is 16.7 Å². The van der Waals surface area contributed by atoms with E-state index >= 15 is 0 Å². The van der Waals surface area contributed by atoms with Crippen LogP contribution < -0.4 is 61.6 Å². The third kappa shape index (κ3) is 5.09. The van der Waals surface area contributed by atoms with E-state index in [1.165, 1.54) is 0 Å².